The standard InChI is InChI=1S/C25H23NO4/c1-15-6-8-16(9-7-15)14-17-10-11-20(29-22-13-12-21(30-22)25(27)28)24-23(17)18-4-2-3-5-19(18)26-24/h6-13,17H,2-5,14H2,1H3,(H,27,28). The van der Waals surface area contributed by atoms with Gasteiger partial charge in [0.25, 0.3) is 5.95 Å². The van der Waals surface area contributed by atoms with E-state index in [2.05, 4.69) is 37.3 Å². The van der Waals surface area contributed by atoms with Crippen LogP contribution in [0.15, 0.2) is 80.6 Å². The Hall–Kier alpha value is -3.34. The molecule has 0 amide bonds. The zero-order valence-electron chi connectivity index (χ0n) is 16.9. The molecule has 5 heteroatoms. The van der Waals surface area contributed by atoms with E-state index in [9.17, 15) is 4.79 Å². The van der Waals surface area contributed by atoms with Crippen molar-refractivity contribution in [2.75, 3.05) is 0 Å². The summed E-state index contributed by atoms with van der Waals surface area (Å²) in [6.07, 6.45) is 9.43. The van der Waals surface area contributed by atoms with Crippen molar-refractivity contribution in [1.82, 2.24) is 0 Å². The molecule has 1 saturated carbocycles. The molecular weight excluding hydrogens is 378 g/mol. The average molecular weight is 401 g/mol. The number of ether oxygens (including phenoxy) is 1. The summed E-state index contributed by atoms with van der Waals surface area (Å²) in [7, 11) is 0. The fraction of sp³-hybridized carbons (Fsp3) is 0.280. The van der Waals surface area contributed by atoms with Crippen molar-refractivity contribution in [3.63, 3.8) is 0 Å². The van der Waals surface area contributed by atoms with E-state index in [-0.39, 0.29) is 17.6 Å². The van der Waals surface area contributed by atoms with Crippen LogP contribution in [0.1, 0.15) is 47.4 Å². The van der Waals surface area contributed by atoms with E-state index < -0.39 is 5.97 Å². The number of furan rings is 1. The molecule has 1 aromatic carbocycles. The van der Waals surface area contributed by atoms with E-state index in [0.717, 1.165) is 31.4 Å². The largest absolute Gasteiger partial charge is 0.475 e. The number of benzene rings is 1. The number of carboxylic acids is 1. The van der Waals surface area contributed by atoms with Crippen LogP contribution in [0.2, 0.25) is 0 Å². The van der Waals surface area contributed by atoms with Gasteiger partial charge in [0, 0.05) is 17.7 Å². The van der Waals surface area contributed by atoms with Crippen molar-refractivity contribution in [3.8, 4) is 5.95 Å². The predicted molar refractivity (Wildman–Crippen MR) is 114 cm³/mol. The maximum atomic E-state index is 11.1. The molecule has 3 aliphatic rings. The molecule has 1 unspecified atom stereocenters. The second-order valence-electron chi connectivity index (χ2n) is 8.05. The molecule has 0 radical (unpaired) electrons. The molecule has 1 atom stereocenters. The molecule has 2 aromatic rings. The molecule has 5 nitrogen and oxygen atoms in total. The Balaban J connectivity index is 1.49. The third-order valence-corrected chi connectivity index (χ3v) is 5.93. The van der Waals surface area contributed by atoms with Crippen LogP contribution in [-0.2, 0) is 6.42 Å². The fourth-order valence-electron chi connectivity index (χ4n) is 4.44. The van der Waals surface area contributed by atoms with E-state index in [1.54, 1.807) is 0 Å². The Kier molecular flexibility index (Phi) is 4.66. The van der Waals surface area contributed by atoms with Crippen LogP contribution in [0.3, 0.4) is 0 Å². The molecule has 1 aliphatic heterocycles. The highest BCUT2D eigenvalue weighted by Crippen LogP contribution is 2.43. The van der Waals surface area contributed by atoms with Crippen molar-refractivity contribution in [1.29, 1.82) is 0 Å². The topological polar surface area (TPSA) is 72.0 Å². The van der Waals surface area contributed by atoms with E-state index in [1.165, 1.54) is 46.5 Å². The lowest BCUT2D eigenvalue weighted by Crippen LogP contribution is -2.15. The number of nitrogens with zero attached hydrogens (tertiary/aromatic N) is 1. The van der Waals surface area contributed by atoms with Crippen LogP contribution in [-0.4, -0.2) is 16.8 Å². The normalized spacial score (nSPS) is 20.2. The summed E-state index contributed by atoms with van der Waals surface area (Å²) in [5.41, 5.74) is 7.23. The molecule has 1 aromatic heterocycles. The van der Waals surface area contributed by atoms with Gasteiger partial charge in [-0.05, 0) is 67.9 Å². The Labute approximate surface area is 175 Å². The minimum atomic E-state index is -1.12. The van der Waals surface area contributed by atoms with Crippen LogP contribution in [0, 0.1) is 12.8 Å². The molecule has 30 heavy (non-hydrogen) atoms. The zero-order chi connectivity index (χ0) is 20.7. The van der Waals surface area contributed by atoms with Gasteiger partial charge in [-0.2, -0.15) is 0 Å². The molecule has 0 bridgehead atoms. The number of aryl methyl sites for hydroxylation is 1. The first-order valence-corrected chi connectivity index (χ1v) is 10.4. The van der Waals surface area contributed by atoms with E-state index in [0.29, 0.717) is 5.76 Å². The van der Waals surface area contributed by atoms with Crippen LogP contribution < -0.4 is 4.74 Å². The number of hydrogen-bond acceptors (Lipinski definition) is 4. The number of carboxylic acid groups (broad SMARTS) is 1. The third-order valence-electron chi connectivity index (χ3n) is 5.93. The van der Waals surface area contributed by atoms with Crippen molar-refractivity contribution in [2.24, 2.45) is 10.9 Å². The maximum absolute atomic E-state index is 11.1. The van der Waals surface area contributed by atoms with Gasteiger partial charge in [0.15, 0.2) is 5.76 Å². The Morgan fingerprint density at radius 3 is 2.73 bits per heavy atom. The number of aliphatic imine (C=N–C) groups is 1. The van der Waals surface area contributed by atoms with Crippen LogP contribution >= 0.6 is 0 Å². The summed E-state index contributed by atoms with van der Waals surface area (Å²) in [6.45, 7) is 2.10. The fourth-order valence-corrected chi connectivity index (χ4v) is 4.44. The SMILES string of the molecule is Cc1ccc(CC2C=CC(Oc3ccc(C(=O)O)o3)=C3N=C4CCCCC4=C32)cc1. The molecule has 2 heterocycles. The van der Waals surface area contributed by atoms with Gasteiger partial charge < -0.3 is 14.3 Å². The summed E-state index contributed by atoms with van der Waals surface area (Å²) in [5.74, 6) is -0.232. The minimum absolute atomic E-state index is 0.141. The van der Waals surface area contributed by atoms with Crippen LogP contribution in [0.5, 0.6) is 5.95 Å². The lowest BCUT2D eigenvalue weighted by molar-refractivity contribution is 0.0656. The van der Waals surface area contributed by atoms with Crippen molar-refractivity contribution in [2.45, 2.75) is 39.0 Å². The predicted octanol–water partition coefficient (Wildman–Crippen LogP) is 5.63. The van der Waals surface area contributed by atoms with E-state index in [4.69, 9.17) is 19.3 Å². The van der Waals surface area contributed by atoms with Crippen LogP contribution in [0.25, 0.3) is 0 Å². The van der Waals surface area contributed by atoms with E-state index in [1.807, 2.05) is 6.08 Å². The smallest absolute Gasteiger partial charge is 0.371 e. The van der Waals surface area contributed by atoms with E-state index >= 15 is 0 Å². The Bertz CT molecular complexity index is 1130. The number of fused-ring (bicyclic) bond motifs is 2. The molecule has 1 N–H and O–H groups in total. The summed E-state index contributed by atoms with van der Waals surface area (Å²) < 4.78 is 11.2. The quantitative estimate of drug-likeness (QED) is 0.705. The summed E-state index contributed by atoms with van der Waals surface area (Å²) in [5, 5.41) is 9.08. The lowest BCUT2D eigenvalue weighted by atomic mass is 9.80. The number of hydrogen-bond donors (Lipinski definition) is 1. The summed E-state index contributed by atoms with van der Waals surface area (Å²) >= 11 is 0. The summed E-state index contributed by atoms with van der Waals surface area (Å²) in [4.78, 5) is 16.0. The van der Waals surface area contributed by atoms with Gasteiger partial charge in [-0.15, -0.1) is 0 Å². The average Bonchev–Trinajstić information content (AvgIpc) is 3.36. The first kappa shape index (κ1) is 18.7. The maximum Gasteiger partial charge on any atom is 0.371 e. The van der Waals surface area contributed by atoms with Gasteiger partial charge in [0.05, 0.1) is 0 Å². The molecule has 5 rings (SSSR count). The third kappa shape index (κ3) is 3.41. The van der Waals surface area contributed by atoms with Gasteiger partial charge in [0.2, 0.25) is 5.76 Å². The van der Waals surface area contributed by atoms with Crippen molar-refractivity contribution < 1.29 is 19.1 Å². The zero-order valence-corrected chi connectivity index (χ0v) is 16.9. The highest BCUT2D eigenvalue weighted by atomic mass is 16.6. The van der Waals surface area contributed by atoms with Gasteiger partial charge in [-0.25, -0.2) is 9.79 Å². The lowest BCUT2D eigenvalue weighted by Gasteiger charge is -2.24. The van der Waals surface area contributed by atoms with Crippen molar-refractivity contribution >= 4 is 11.7 Å². The summed E-state index contributed by atoms with van der Waals surface area (Å²) in [6, 6.07) is 11.6. The first-order chi connectivity index (χ1) is 14.6. The Morgan fingerprint density at radius 1 is 1.17 bits per heavy atom. The minimum Gasteiger partial charge on any atom is -0.475 e. The second kappa shape index (κ2) is 7.48. The second-order valence-corrected chi connectivity index (χ2v) is 8.05. The molecule has 0 saturated heterocycles. The highest BCUT2D eigenvalue weighted by molar-refractivity contribution is 6.05. The van der Waals surface area contributed by atoms with Gasteiger partial charge in [0.1, 0.15) is 5.70 Å². The number of allylic oxidation sites excluding steroid dienone is 4. The van der Waals surface area contributed by atoms with Gasteiger partial charge in [-0.3, -0.25) is 0 Å². The number of rotatable bonds is 5. The first-order valence-electron chi connectivity index (χ1n) is 10.4. The molecule has 0 spiro atoms. The molecule has 2 aliphatic carbocycles. The molecule has 152 valence electrons. The highest BCUT2D eigenvalue weighted by Gasteiger charge is 2.34. The number of carbonyl (C=O) groups is 1. The Morgan fingerprint density at radius 2 is 1.97 bits per heavy atom. The number of aromatic carboxylic acids is 1. The molecule has 1 fully saturated rings. The molecular formula is C25H23NO4. The monoisotopic (exact) mass is 401 g/mol. The van der Waals surface area contributed by atoms with Gasteiger partial charge in [-0.1, -0.05) is 35.9 Å². The van der Waals surface area contributed by atoms with Crippen molar-refractivity contribution in [3.05, 3.63) is 88.0 Å². The van der Waals surface area contributed by atoms with Crippen LogP contribution in [0.4, 0.5) is 0 Å². The van der Waals surface area contributed by atoms with Gasteiger partial charge >= 0.3 is 5.97 Å².